The van der Waals surface area contributed by atoms with E-state index in [1.165, 1.54) is 11.3 Å². The lowest BCUT2D eigenvalue weighted by Crippen LogP contribution is -2.06. The number of carbonyl (C=O) groups excluding carboxylic acids is 1. The summed E-state index contributed by atoms with van der Waals surface area (Å²) in [6, 6.07) is 6.78. The zero-order chi connectivity index (χ0) is 14.0. The molecule has 0 fully saturated rings. The van der Waals surface area contributed by atoms with Crippen molar-refractivity contribution in [3.05, 3.63) is 43.5 Å². The second kappa shape index (κ2) is 5.94. The number of thiophene rings is 1. The van der Waals surface area contributed by atoms with Gasteiger partial charge in [-0.3, -0.25) is 4.79 Å². The Kier molecular flexibility index (Phi) is 4.50. The molecule has 0 bridgehead atoms. The van der Waals surface area contributed by atoms with Crippen molar-refractivity contribution in [1.29, 1.82) is 0 Å². The van der Waals surface area contributed by atoms with Gasteiger partial charge in [0, 0.05) is 0 Å². The summed E-state index contributed by atoms with van der Waals surface area (Å²) in [5.74, 6) is 0.281. The van der Waals surface area contributed by atoms with Gasteiger partial charge in [0.2, 0.25) is 5.78 Å². The summed E-state index contributed by atoms with van der Waals surface area (Å²) in [5.41, 5.74) is 6.75. The Balaban J connectivity index is 2.46. The highest BCUT2D eigenvalue weighted by molar-refractivity contribution is 9.11. The van der Waals surface area contributed by atoms with Crippen molar-refractivity contribution in [2.75, 3.05) is 12.3 Å². The van der Waals surface area contributed by atoms with Gasteiger partial charge < -0.3 is 10.5 Å². The molecular weight excluding hydrogens is 350 g/mol. The number of nitrogen functional groups attached to an aromatic ring is 1. The van der Waals surface area contributed by atoms with Crippen LogP contribution in [-0.4, -0.2) is 12.4 Å². The lowest BCUT2D eigenvalue weighted by Gasteiger charge is -2.11. The average Bonchev–Trinajstić information content (AvgIpc) is 2.71. The molecule has 2 rings (SSSR count). The Hall–Kier alpha value is -1.04. The Morgan fingerprint density at radius 1 is 1.53 bits per heavy atom. The van der Waals surface area contributed by atoms with Crippen LogP contribution in [0, 0.1) is 0 Å². The Labute approximate surface area is 128 Å². The molecule has 2 aromatic rings. The van der Waals surface area contributed by atoms with Crippen molar-refractivity contribution < 1.29 is 9.53 Å². The predicted octanol–water partition coefficient (Wildman–Crippen LogP) is 4.38. The van der Waals surface area contributed by atoms with E-state index in [9.17, 15) is 4.79 Å². The van der Waals surface area contributed by atoms with Crippen LogP contribution in [0.3, 0.4) is 0 Å². The van der Waals surface area contributed by atoms with Gasteiger partial charge in [0.25, 0.3) is 0 Å². The van der Waals surface area contributed by atoms with Gasteiger partial charge in [0.05, 0.1) is 31.5 Å². The molecule has 0 atom stereocenters. The van der Waals surface area contributed by atoms with E-state index in [-0.39, 0.29) is 5.78 Å². The monoisotopic (exact) mass is 359 g/mol. The summed E-state index contributed by atoms with van der Waals surface area (Å²) in [4.78, 5) is 13.0. The van der Waals surface area contributed by atoms with E-state index < -0.39 is 0 Å². The molecule has 0 aliphatic rings. The first-order chi connectivity index (χ1) is 9.04. The lowest BCUT2D eigenvalue weighted by atomic mass is 10.1. The number of carbonyl (C=O) groups is 1. The summed E-state index contributed by atoms with van der Waals surface area (Å²) >= 11 is 10.5. The fourth-order valence-electron chi connectivity index (χ4n) is 1.63. The maximum atomic E-state index is 12.5. The fourth-order valence-corrected chi connectivity index (χ4v) is 3.29. The van der Waals surface area contributed by atoms with E-state index in [2.05, 4.69) is 15.9 Å². The van der Waals surface area contributed by atoms with Gasteiger partial charge in [-0.15, -0.1) is 11.3 Å². The summed E-state index contributed by atoms with van der Waals surface area (Å²) in [7, 11) is 0. The predicted molar refractivity (Wildman–Crippen MR) is 82.5 cm³/mol. The second-order valence-electron chi connectivity index (χ2n) is 3.72. The van der Waals surface area contributed by atoms with Crippen LogP contribution in [0.5, 0.6) is 5.75 Å². The first kappa shape index (κ1) is 14.4. The van der Waals surface area contributed by atoms with Crippen molar-refractivity contribution in [1.82, 2.24) is 0 Å². The highest BCUT2D eigenvalue weighted by Gasteiger charge is 2.19. The van der Waals surface area contributed by atoms with Gasteiger partial charge in [-0.2, -0.15) is 0 Å². The van der Waals surface area contributed by atoms with E-state index in [4.69, 9.17) is 22.1 Å². The van der Waals surface area contributed by atoms with Crippen LogP contribution in [0.2, 0.25) is 5.02 Å². The molecule has 0 saturated carbocycles. The van der Waals surface area contributed by atoms with Gasteiger partial charge >= 0.3 is 0 Å². The van der Waals surface area contributed by atoms with Crippen LogP contribution in [0.4, 0.5) is 5.69 Å². The quantitative estimate of drug-likeness (QED) is 0.650. The van der Waals surface area contributed by atoms with Gasteiger partial charge in [-0.05, 0) is 41.1 Å². The number of hydrogen-bond donors (Lipinski definition) is 1. The summed E-state index contributed by atoms with van der Waals surface area (Å²) in [6.45, 7) is 2.29. The van der Waals surface area contributed by atoms with Crippen LogP contribution >= 0.6 is 38.9 Å². The van der Waals surface area contributed by atoms with E-state index in [1.54, 1.807) is 24.3 Å². The molecule has 2 N–H and O–H groups in total. The summed E-state index contributed by atoms with van der Waals surface area (Å²) < 4.78 is 6.20. The third kappa shape index (κ3) is 2.94. The van der Waals surface area contributed by atoms with Gasteiger partial charge in [-0.1, -0.05) is 17.7 Å². The Morgan fingerprint density at radius 3 is 2.84 bits per heavy atom. The molecule has 0 radical (unpaired) electrons. The van der Waals surface area contributed by atoms with E-state index in [0.717, 1.165) is 3.79 Å². The Bertz CT molecular complexity index is 608. The van der Waals surface area contributed by atoms with Gasteiger partial charge in [0.15, 0.2) is 5.75 Å². The number of ketones is 1. The van der Waals surface area contributed by atoms with E-state index in [0.29, 0.717) is 33.5 Å². The van der Waals surface area contributed by atoms with Crippen LogP contribution < -0.4 is 10.5 Å². The molecule has 100 valence electrons. The molecule has 1 heterocycles. The van der Waals surface area contributed by atoms with Crippen LogP contribution in [0.1, 0.15) is 22.2 Å². The van der Waals surface area contributed by atoms with Gasteiger partial charge in [0.1, 0.15) is 0 Å². The van der Waals surface area contributed by atoms with Crippen molar-refractivity contribution in [3.63, 3.8) is 0 Å². The van der Waals surface area contributed by atoms with Crippen molar-refractivity contribution in [2.24, 2.45) is 0 Å². The standard InChI is InChI=1S/C13H11BrClNO2S/c1-2-18-12-7(4-3-5-9(12)16)11(17)10-6-8(15)13(14)19-10/h3-6H,2,16H2,1H3. The molecule has 0 saturated heterocycles. The molecule has 1 aromatic heterocycles. The number of anilines is 1. The molecule has 1 aromatic carbocycles. The largest absolute Gasteiger partial charge is 0.491 e. The number of halogens is 2. The van der Waals surface area contributed by atoms with Gasteiger partial charge in [-0.25, -0.2) is 0 Å². The molecule has 0 aliphatic carbocycles. The molecular formula is C13H11BrClNO2S. The average molecular weight is 361 g/mol. The molecule has 0 aliphatic heterocycles. The summed E-state index contributed by atoms with van der Waals surface area (Å²) in [6.07, 6.45) is 0. The maximum Gasteiger partial charge on any atom is 0.206 e. The third-order valence-electron chi connectivity index (χ3n) is 2.45. The molecule has 6 heteroatoms. The third-order valence-corrected chi connectivity index (χ3v) is 4.92. The molecule has 3 nitrogen and oxygen atoms in total. The SMILES string of the molecule is CCOc1c(N)cccc1C(=O)c1cc(Cl)c(Br)s1. The van der Waals surface area contributed by atoms with Crippen LogP contribution in [0.25, 0.3) is 0 Å². The minimum Gasteiger partial charge on any atom is -0.491 e. The second-order valence-corrected chi connectivity index (χ2v) is 6.50. The minimum absolute atomic E-state index is 0.145. The number of hydrogen-bond acceptors (Lipinski definition) is 4. The number of nitrogens with two attached hydrogens (primary N) is 1. The zero-order valence-electron chi connectivity index (χ0n) is 10.1. The van der Waals surface area contributed by atoms with Crippen LogP contribution in [0.15, 0.2) is 28.1 Å². The molecule has 0 unspecified atom stereocenters. The number of rotatable bonds is 4. The summed E-state index contributed by atoms with van der Waals surface area (Å²) in [5, 5.41) is 0.523. The smallest absolute Gasteiger partial charge is 0.206 e. The zero-order valence-corrected chi connectivity index (χ0v) is 13.2. The normalized spacial score (nSPS) is 10.5. The minimum atomic E-state index is -0.145. The fraction of sp³-hybridized carbons (Fsp3) is 0.154. The van der Waals surface area contributed by atoms with Crippen molar-refractivity contribution in [2.45, 2.75) is 6.92 Å². The molecule has 0 spiro atoms. The number of para-hydroxylation sites is 1. The van der Waals surface area contributed by atoms with Crippen LogP contribution in [-0.2, 0) is 0 Å². The van der Waals surface area contributed by atoms with E-state index >= 15 is 0 Å². The van der Waals surface area contributed by atoms with Crippen molar-refractivity contribution >= 4 is 50.3 Å². The first-order valence-corrected chi connectivity index (χ1v) is 7.54. The van der Waals surface area contributed by atoms with E-state index in [1.807, 2.05) is 6.92 Å². The molecule has 19 heavy (non-hydrogen) atoms. The molecule has 0 amide bonds. The number of ether oxygens (including phenoxy) is 1. The Morgan fingerprint density at radius 2 is 2.26 bits per heavy atom. The number of benzene rings is 1. The topological polar surface area (TPSA) is 52.3 Å². The first-order valence-electron chi connectivity index (χ1n) is 5.55. The lowest BCUT2D eigenvalue weighted by molar-refractivity contribution is 0.103. The van der Waals surface area contributed by atoms with Crippen molar-refractivity contribution in [3.8, 4) is 5.75 Å². The maximum absolute atomic E-state index is 12.5. The highest BCUT2D eigenvalue weighted by Crippen LogP contribution is 2.35. The highest BCUT2D eigenvalue weighted by atomic mass is 79.9.